The zero-order valence-electron chi connectivity index (χ0n) is 11.0. The Morgan fingerprint density at radius 2 is 1.90 bits per heavy atom. The van der Waals surface area contributed by atoms with Crippen LogP contribution in [0, 0.1) is 0 Å². The predicted octanol–water partition coefficient (Wildman–Crippen LogP) is 0.628. The van der Waals surface area contributed by atoms with Crippen LogP contribution in [0.25, 0.3) is 0 Å². The second kappa shape index (κ2) is 4.78. The maximum absolute atomic E-state index is 12.6. The molecule has 1 unspecified atom stereocenters. The molecule has 0 N–H and O–H groups in total. The van der Waals surface area contributed by atoms with Crippen molar-refractivity contribution in [3.63, 3.8) is 0 Å². The molecule has 0 radical (unpaired) electrons. The van der Waals surface area contributed by atoms with E-state index in [9.17, 15) is 14.4 Å². The van der Waals surface area contributed by atoms with Crippen LogP contribution in [0.15, 0.2) is 42.0 Å². The van der Waals surface area contributed by atoms with Gasteiger partial charge in [-0.15, -0.1) is 0 Å². The lowest BCUT2D eigenvalue weighted by Crippen LogP contribution is -2.36. The van der Waals surface area contributed by atoms with Crippen molar-refractivity contribution in [3.8, 4) is 0 Å². The lowest BCUT2D eigenvalue weighted by molar-refractivity contribution is -0.137. The van der Waals surface area contributed by atoms with Gasteiger partial charge in [0.2, 0.25) is 0 Å². The third-order valence-corrected chi connectivity index (χ3v) is 3.74. The fourth-order valence-corrected chi connectivity index (χ4v) is 2.81. The average Bonchev–Trinajstić information content (AvgIpc) is 2.97. The summed E-state index contributed by atoms with van der Waals surface area (Å²) >= 11 is 5.21. The summed E-state index contributed by atoms with van der Waals surface area (Å²) in [5.74, 6) is -1.63. The SMILES string of the molecule is COC(=O)C1=CC(=O)N2C(=S)N(c3ccccc3)C(=O)C12. The van der Waals surface area contributed by atoms with Crippen molar-refractivity contribution in [1.29, 1.82) is 0 Å². The molecule has 1 saturated heterocycles. The summed E-state index contributed by atoms with van der Waals surface area (Å²) < 4.78 is 4.62. The molecule has 21 heavy (non-hydrogen) atoms. The van der Waals surface area contributed by atoms with Crippen LogP contribution in [0.4, 0.5) is 5.69 Å². The van der Waals surface area contributed by atoms with Crippen molar-refractivity contribution >= 4 is 40.8 Å². The minimum atomic E-state index is -1.03. The molecule has 0 bridgehead atoms. The van der Waals surface area contributed by atoms with Gasteiger partial charge in [-0.25, -0.2) is 4.79 Å². The van der Waals surface area contributed by atoms with E-state index in [0.29, 0.717) is 5.69 Å². The van der Waals surface area contributed by atoms with Crippen LogP contribution in [0.5, 0.6) is 0 Å². The molecule has 1 fully saturated rings. The number of para-hydroxylation sites is 1. The molecule has 1 aromatic carbocycles. The van der Waals surface area contributed by atoms with E-state index in [-0.39, 0.29) is 10.7 Å². The molecule has 7 heteroatoms. The second-order valence-corrected chi connectivity index (χ2v) is 4.86. The number of hydrogen-bond donors (Lipinski definition) is 0. The Morgan fingerprint density at radius 3 is 2.52 bits per heavy atom. The Kier molecular flexibility index (Phi) is 3.06. The Bertz CT molecular complexity index is 698. The van der Waals surface area contributed by atoms with Crippen LogP contribution in [0.3, 0.4) is 0 Å². The molecular formula is C14H10N2O4S. The first kappa shape index (κ1) is 13.4. The molecule has 2 aliphatic heterocycles. The highest BCUT2D eigenvalue weighted by Crippen LogP contribution is 2.33. The van der Waals surface area contributed by atoms with Crippen LogP contribution in [-0.4, -0.2) is 40.9 Å². The standard InChI is InChI=1S/C14H10N2O4S/c1-20-13(19)9-7-10(17)16-11(9)12(18)15(14(16)21)8-5-3-2-4-6-8/h2-7,11H,1H3. The molecule has 0 aromatic heterocycles. The lowest BCUT2D eigenvalue weighted by atomic mass is 10.1. The van der Waals surface area contributed by atoms with Gasteiger partial charge in [-0.3, -0.25) is 19.4 Å². The minimum absolute atomic E-state index is 0.00767. The van der Waals surface area contributed by atoms with Crippen molar-refractivity contribution in [2.24, 2.45) is 0 Å². The summed E-state index contributed by atoms with van der Waals surface area (Å²) in [6.07, 6.45) is 1.10. The topological polar surface area (TPSA) is 66.9 Å². The average molecular weight is 302 g/mol. The predicted molar refractivity (Wildman–Crippen MR) is 77.3 cm³/mol. The van der Waals surface area contributed by atoms with Crippen LogP contribution < -0.4 is 4.90 Å². The monoisotopic (exact) mass is 302 g/mol. The fraction of sp³-hybridized carbons (Fsp3) is 0.143. The van der Waals surface area contributed by atoms with Gasteiger partial charge in [0.05, 0.1) is 18.4 Å². The summed E-state index contributed by atoms with van der Waals surface area (Å²) in [7, 11) is 1.20. The minimum Gasteiger partial charge on any atom is -0.466 e. The summed E-state index contributed by atoms with van der Waals surface area (Å²) in [6.45, 7) is 0. The van der Waals surface area contributed by atoms with Crippen molar-refractivity contribution in [2.75, 3.05) is 12.0 Å². The van der Waals surface area contributed by atoms with E-state index in [0.717, 1.165) is 11.0 Å². The number of carbonyl (C=O) groups is 3. The first-order chi connectivity index (χ1) is 10.1. The van der Waals surface area contributed by atoms with Gasteiger partial charge in [0.25, 0.3) is 11.8 Å². The van der Waals surface area contributed by atoms with Gasteiger partial charge in [-0.1, -0.05) is 18.2 Å². The van der Waals surface area contributed by atoms with Gasteiger partial charge in [0.1, 0.15) is 0 Å². The molecule has 1 aromatic rings. The molecule has 2 aliphatic rings. The van der Waals surface area contributed by atoms with Crippen LogP contribution in [0.2, 0.25) is 0 Å². The van der Waals surface area contributed by atoms with Crippen molar-refractivity contribution < 1.29 is 19.1 Å². The molecule has 2 amide bonds. The molecule has 0 aliphatic carbocycles. The number of fused-ring (bicyclic) bond motifs is 1. The molecule has 1 atom stereocenters. The zero-order chi connectivity index (χ0) is 15.1. The molecule has 0 saturated carbocycles. The van der Waals surface area contributed by atoms with E-state index in [4.69, 9.17) is 12.2 Å². The number of hydrogen-bond acceptors (Lipinski definition) is 5. The normalized spacial score (nSPS) is 20.7. The fourth-order valence-electron chi connectivity index (χ4n) is 2.42. The van der Waals surface area contributed by atoms with Gasteiger partial charge < -0.3 is 4.74 Å². The largest absolute Gasteiger partial charge is 0.466 e. The van der Waals surface area contributed by atoms with Crippen molar-refractivity contribution in [1.82, 2.24) is 4.90 Å². The Hall–Kier alpha value is -2.54. The first-order valence-electron chi connectivity index (χ1n) is 6.12. The van der Waals surface area contributed by atoms with Crippen molar-refractivity contribution in [2.45, 2.75) is 6.04 Å². The Labute approximate surface area is 125 Å². The van der Waals surface area contributed by atoms with E-state index < -0.39 is 23.8 Å². The summed E-state index contributed by atoms with van der Waals surface area (Å²) in [6, 6.07) is 7.70. The number of amides is 2. The highest BCUT2D eigenvalue weighted by atomic mass is 32.1. The number of methoxy groups -OCH3 is 1. The van der Waals surface area contributed by atoms with Gasteiger partial charge >= 0.3 is 5.97 Å². The second-order valence-electron chi connectivity index (χ2n) is 4.49. The lowest BCUT2D eigenvalue weighted by Gasteiger charge is -2.17. The van der Waals surface area contributed by atoms with Gasteiger partial charge in [-0.05, 0) is 24.4 Å². The number of esters is 1. The van der Waals surface area contributed by atoms with Crippen molar-refractivity contribution in [3.05, 3.63) is 42.0 Å². The number of ether oxygens (including phenoxy) is 1. The van der Waals surface area contributed by atoms with E-state index in [2.05, 4.69) is 4.74 Å². The summed E-state index contributed by atoms with van der Waals surface area (Å²) in [4.78, 5) is 38.7. The molecule has 106 valence electrons. The van der Waals surface area contributed by atoms with Crippen LogP contribution in [0.1, 0.15) is 0 Å². The molecular weight excluding hydrogens is 292 g/mol. The number of thiocarbonyl (C=S) groups is 1. The highest BCUT2D eigenvalue weighted by Gasteiger charge is 2.53. The van der Waals surface area contributed by atoms with E-state index >= 15 is 0 Å². The number of nitrogens with zero attached hydrogens (tertiary/aromatic N) is 2. The van der Waals surface area contributed by atoms with Crippen LogP contribution >= 0.6 is 12.2 Å². The summed E-state index contributed by atoms with van der Waals surface area (Å²) in [5.41, 5.74) is 0.562. The van der Waals surface area contributed by atoms with E-state index in [1.54, 1.807) is 30.3 Å². The number of carbonyl (C=O) groups excluding carboxylic acids is 3. The Morgan fingerprint density at radius 1 is 1.24 bits per heavy atom. The number of benzene rings is 1. The molecule has 2 heterocycles. The molecule has 6 nitrogen and oxygen atoms in total. The van der Waals surface area contributed by atoms with E-state index in [1.165, 1.54) is 12.0 Å². The maximum atomic E-state index is 12.6. The Balaban J connectivity index is 2.03. The maximum Gasteiger partial charge on any atom is 0.336 e. The summed E-state index contributed by atoms with van der Waals surface area (Å²) in [5, 5.41) is 0.0661. The number of anilines is 1. The third-order valence-electron chi connectivity index (χ3n) is 3.36. The number of rotatable bonds is 2. The van der Waals surface area contributed by atoms with Gasteiger partial charge in [0, 0.05) is 6.08 Å². The van der Waals surface area contributed by atoms with Gasteiger partial charge in [0.15, 0.2) is 11.2 Å². The van der Waals surface area contributed by atoms with Crippen LogP contribution in [-0.2, 0) is 19.1 Å². The first-order valence-corrected chi connectivity index (χ1v) is 6.53. The van der Waals surface area contributed by atoms with Gasteiger partial charge in [-0.2, -0.15) is 0 Å². The zero-order valence-corrected chi connectivity index (χ0v) is 11.8. The molecule has 3 rings (SSSR count). The smallest absolute Gasteiger partial charge is 0.336 e. The third kappa shape index (κ3) is 1.85. The highest BCUT2D eigenvalue weighted by molar-refractivity contribution is 7.80. The quantitative estimate of drug-likeness (QED) is 0.592. The van der Waals surface area contributed by atoms with E-state index in [1.807, 2.05) is 0 Å². The molecule has 0 spiro atoms.